The van der Waals surface area contributed by atoms with E-state index in [2.05, 4.69) is 21.2 Å². The number of halogens is 1. The Labute approximate surface area is 96.6 Å². The Morgan fingerprint density at radius 1 is 1.53 bits per heavy atom. The third-order valence-electron chi connectivity index (χ3n) is 2.62. The van der Waals surface area contributed by atoms with E-state index in [1.54, 1.807) is 12.1 Å². The van der Waals surface area contributed by atoms with E-state index >= 15 is 0 Å². The second kappa shape index (κ2) is 3.94. The lowest BCUT2D eigenvalue weighted by Crippen LogP contribution is -2.39. The van der Waals surface area contributed by atoms with Gasteiger partial charge in [0.25, 0.3) is 5.91 Å². The number of carbonyl (C=O) groups excluding carboxylic acids is 1. The normalized spacial score (nSPS) is 17.2. The van der Waals surface area contributed by atoms with Gasteiger partial charge in [0.15, 0.2) is 0 Å². The van der Waals surface area contributed by atoms with Gasteiger partial charge >= 0.3 is 0 Å². The van der Waals surface area contributed by atoms with Crippen molar-refractivity contribution < 1.29 is 9.90 Å². The Morgan fingerprint density at radius 3 is 2.80 bits per heavy atom. The van der Waals surface area contributed by atoms with Gasteiger partial charge in [-0.25, -0.2) is 0 Å². The van der Waals surface area contributed by atoms with E-state index in [4.69, 9.17) is 5.11 Å². The number of aliphatic hydroxyl groups is 1. The number of aliphatic hydroxyl groups excluding tert-OH is 1. The van der Waals surface area contributed by atoms with Crippen LogP contribution < -0.4 is 5.32 Å². The molecular weight excluding hydrogens is 258 g/mol. The van der Waals surface area contributed by atoms with Crippen LogP contribution in [0.15, 0.2) is 28.7 Å². The van der Waals surface area contributed by atoms with E-state index in [1.807, 2.05) is 12.1 Å². The van der Waals surface area contributed by atoms with Crippen molar-refractivity contribution in [1.29, 1.82) is 0 Å². The van der Waals surface area contributed by atoms with Crippen molar-refractivity contribution in [1.82, 2.24) is 5.32 Å². The number of nitrogens with one attached hydrogen (secondary N) is 1. The fourth-order valence-electron chi connectivity index (χ4n) is 1.42. The Hall–Kier alpha value is -0.870. The zero-order valence-electron chi connectivity index (χ0n) is 8.16. The van der Waals surface area contributed by atoms with Crippen LogP contribution >= 0.6 is 15.9 Å². The first kappa shape index (κ1) is 10.6. The first-order chi connectivity index (χ1) is 7.15. The molecule has 1 saturated carbocycles. The van der Waals surface area contributed by atoms with Gasteiger partial charge in [-0.15, -0.1) is 0 Å². The number of carbonyl (C=O) groups is 1. The molecule has 0 heterocycles. The standard InChI is InChI=1S/C11H12BrNO2/c12-9-3-1-2-8(6-9)10(15)13-11(7-14)4-5-11/h1-3,6,14H,4-5,7H2,(H,13,15). The molecule has 0 radical (unpaired) electrons. The van der Waals surface area contributed by atoms with Crippen molar-refractivity contribution in [2.24, 2.45) is 0 Å². The molecule has 4 heteroatoms. The van der Waals surface area contributed by atoms with Gasteiger partial charge in [0.1, 0.15) is 0 Å². The van der Waals surface area contributed by atoms with Gasteiger partial charge in [0.05, 0.1) is 12.1 Å². The van der Waals surface area contributed by atoms with Gasteiger partial charge in [-0.2, -0.15) is 0 Å². The fourth-order valence-corrected chi connectivity index (χ4v) is 1.82. The van der Waals surface area contributed by atoms with E-state index in [-0.39, 0.29) is 18.1 Å². The number of rotatable bonds is 3. The highest BCUT2D eigenvalue weighted by Gasteiger charge is 2.43. The molecule has 1 aliphatic rings. The molecule has 0 bridgehead atoms. The van der Waals surface area contributed by atoms with E-state index in [0.29, 0.717) is 5.56 Å². The second-order valence-corrected chi connectivity index (χ2v) is 4.82. The fraction of sp³-hybridized carbons (Fsp3) is 0.364. The first-order valence-corrected chi connectivity index (χ1v) is 5.63. The monoisotopic (exact) mass is 269 g/mol. The molecule has 2 rings (SSSR count). The van der Waals surface area contributed by atoms with Gasteiger partial charge in [-0.1, -0.05) is 22.0 Å². The molecule has 0 saturated heterocycles. The molecule has 1 aromatic rings. The minimum Gasteiger partial charge on any atom is -0.394 e. The number of benzene rings is 1. The Morgan fingerprint density at radius 2 is 2.27 bits per heavy atom. The summed E-state index contributed by atoms with van der Waals surface area (Å²) < 4.78 is 0.879. The van der Waals surface area contributed by atoms with Crippen LogP contribution in [0.4, 0.5) is 0 Å². The predicted molar refractivity (Wildman–Crippen MR) is 60.7 cm³/mol. The Balaban J connectivity index is 2.08. The molecule has 1 fully saturated rings. The summed E-state index contributed by atoms with van der Waals surface area (Å²) in [4.78, 5) is 11.8. The molecule has 3 nitrogen and oxygen atoms in total. The molecule has 0 aliphatic heterocycles. The minimum atomic E-state index is -0.348. The minimum absolute atomic E-state index is 0.0206. The SMILES string of the molecule is O=C(NC1(CO)CC1)c1cccc(Br)c1. The maximum Gasteiger partial charge on any atom is 0.251 e. The smallest absolute Gasteiger partial charge is 0.251 e. The lowest BCUT2D eigenvalue weighted by atomic mass is 10.2. The van der Waals surface area contributed by atoms with Crippen LogP contribution in [0, 0.1) is 0 Å². The largest absolute Gasteiger partial charge is 0.394 e. The highest BCUT2D eigenvalue weighted by molar-refractivity contribution is 9.10. The molecule has 1 amide bonds. The second-order valence-electron chi connectivity index (χ2n) is 3.90. The highest BCUT2D eigenvalue weighted by atomic mass is 79.9. The van der Waals surface area contributed by atoms with Crippen molar-refractivity contribution in [2.75, 3.05) is 6.61 Å². The topological polar surface area (TPSA) is 49.3 Å². The van der Waals surface area contributed by atoms with Crippen LogP contribution in [0.25, 0.3) is 0 Å². The molecular formula is C11H12BrNO2. The van der Waals surface area contributed by atoms with Crippen molar-refractivity contribution in [3.63, 3.8) is 0 Å². The predicted octanol–water partition coefficient (Wildman–Crippen LogP) is 1.70. The lowest BCUT2D eigenvalue weighted by molar-refractivity contribution is 0.0906. The zero-order chi connectivity index (χ0) is 10.9. The van der Waals surface area contributed by atoms with Gasteiger partial charge < -0.3 is 10.4 Å². The molecule has 1 aliphatic carbocycles. The van der Waals surface area contributed by atoms with Crippen LogP contribution in [-0.2, 0) is 0 Å². The van der Waals surface area contributed by atoms with Crippen LogP contribution in [0.2, 0.25) is 0 Å². The Kier molecular flexibility index (Phi) is 2.80. The lowest BCUT2D eigenvalue weighted by Gasteiger charge is -2.14. The van der Waals surface area contributed by atoms with Gasteiger partial charge in [-0.3, -0.25) is 4.79 Å². The van der Waals surface area contributed by atoms with Gasteiger partial charge in [0.2, 0.25) is 0 Å². The number of hydrogen-bond acceptors (Lipinski definition) is 2. The average molecular weight is 270 g/mol. The zero-order valence-corrected chi connectivity index (χ0v) is 9.75. The molecule has 0 aromatic heterocycles. The summed E-state index contributed by atoms with van der Waals surface area (Å²) in [5.41, 5.74) is 0.267. The summed E-state index contributed by atoms with van der Waals surface area (Å²) in [6.45, 7) is 0.0206. The van der Waals surface area contributed by atoms with Crippen molar-refractivity contribution in [3.05, 3.63) is 34.3 Å². The maximum atomic E-state index is 11.8. The molecule has 0 spiro atoms. The third-order valence-corrected chi connectivity index (χ3v) is 3.11. The molecule has 1 aromatic carbocycles. The van der Waals surface area contributed by atoms with E-state index in [9.17, 15) is 4.79 Å². The summed E-state index contributed by atoms with van der Waals surface area (Å²) >= 11 is 3.31. The summed E-state index contributed by atoms with van der Waals surface area (Å²) in [5, 5.41) is 11.9. The molecule has 0 atom stereocenters. The third kappa shape index (κ3) is 2.38. The summed E-state index contributed by atoms with van der Waals surface area (Å²) in [6, 6.07) is 7.21. The summed E-state index contributed by atoms with van der Waals surface area (Å²) in [6.07, 6.45) is 1.73. The van der Waals surface area contributed by atoms with Crippen LogP contribution in [0.3, 0.4) is 0 Å². The van der Waals surface area contributed by atoms with Crippen molar-refractivity contribution >= 4 is 21.8 Å². The molecule has 80 valence electrons. The van der Waals surface area contributed by atoms with Gasteiger partial charge in [-0.05, 0) is 31.0 Å². The number of hydrogen-bond donors (Lipinski definition) is 2. The van der Waals surface area contributed by atoms with E-state index in [0.717, 1.165) is 17.3 Å². The van der Waals surface area contributed by atoms with Crippen LogP contribution in [-0.4, -0.2) is 23.2 Å². The highest BCUT2D eigenvalue weighted by Crippen LogP contribution is 2.34. The van der Waals surface area contributed by atoms with Crippen LogP contribution in [0.1, 0.15) is 23.2 Å². The van der Waals surface area contributed by atoms with Gasteiger partial charge in [0, 0.05) is 10.0 Å². The average Bonchev–Trinajstić information content (AvgIpc) is 2.98. The van der Waals surface area contributed by atoms with Crippen molar-refractivity contribution in [2.45, 2.75) is 18.4 Å². The maximum absolute atomic E-state index is 11.8. The van der Waals surface area contributed by atoms with Crippen molar-refractivity contribution in [3.8, 4) is 0 Å². The first-order valence-electron chi connectivity index (χ1n) is 4.84. The van der Waals surface area contributed by atoms with E-state index in [1.165, 1.54) is 0 Å². The van der Waals surface area contributed by atoms with Crippen LogP contribution in [0.5, 0.6) is 0 Å². The quantitative estimate of drug-likeness (QED) is 0.878. The summed E-state index contributed by atoms with van der Waals surface area (Å²) in [7, 11) is 0. The molecule has 0 unspecified atom stereocenters. The molecule has 2 N–H and O–H groups in total. The molecule has 15 heavy (non-hydrogen) atoms. The van der Waals surface area contributed by atoms with E-state index < -0.39 is 0 Å². The summed E-state index contributed by atoms with van der Waals surface area (Å²) in [5.74, 6) is -0.122. The number of amides is 1. The Bertz CT molecular complexity index is 388.